The smallest absolute Gasteiger partial charge is 0.222 e. The highest BCUT2D eigenvalue weighted by atomic mass is 15.3. The fraction of sp³-hybridized carbons (Fsp3) is 0.200. The average molecular weight is 346 g/mol. The highest BCUT2D eigenvalue weighted by molar-refractivity contribution is 5.67. The first-order valence-corrected chi connectivity index (χ1v) is 8.74. The molecule has 6 heteroatoms. The zero-order valence-electron chi connectivity index (χ0n) is 14.5. The van der Waals surface area contributed by atoms with Crippen molar-refractivity contribution in [3.63, 3.8) is 0 Å². The van der Waals surface area contributed by atoms with E-state index in [1.165, 1.54) is 16.8 Å². The number of benzene rings is 2. The molecule has 0 radical (unpaired) electrons. The van der Waals surface area contributed by atoms with Crippen molar-refractivity contribution in [3.05, 3.63) is 60.8 Å². The molecule has 0 aliphatic carbocycles. The topological polar surface area (TPSA) is 84.3 Å². The van der Waals surface area contributed by atoms with Gasteiger partial charge >= 0.3 is 0 Å². The Morgan fingerprint density at radius 3 is 2.00 bits per heavy atom. The summed E-state index contributed by atoms with van der Waals surface area (Å²) in [6.07, 6.45) is 1.71. The van der Waals surface area contributed by atoms with Crippen LogP contribution in [-0.4, -0.2) is 36.1 Å². The van der Waals surface area contributed by atoms with Crippen molar-refractivity contribution in [1.29, 1.82) is 0 Å². The Hall–Kier alpha value is -3.28. The molecule has 0 spiro atoms. The van der Waals surface area contributed by atoms with E-state index in [0.29, 0.717) is 5.82 Å². The molecule has 2 aromatic carbocycles. The number of anilines is 4. The first-order chi connectivity index (χ1) is 12.7. The Balaban J connectivity index is 1.43. The molecule has 0 unspecified atom stereocenters. The molecule has 1 aromatic heterocycles. The van der Waals surface area contributed by atoms with Crippen molar-refractivity contribution in [2.45, 2.75) is 0 Å². The molecule has 132 valence electrons. The fourth-order valence-corrected chi connectivity index (χ4v) is 3.35. The standard InChI is InChI=1S/C20H22N6/c21-19-18(14-23-20(22)24-19)26-12-10-25(11-13-26)17-8-6-16(7-9-17)15-4-2-1-3-5-15/h1-9,14H,10-13H2,(H4,21,22,23,24). The SMILES string of the molecule is Nc1ncc(N2CCN(c3ccc(-c4ccccc4)cc3)CC2)c(N)n1. The van der Waals surface area contributed by atoms with Crippen LogP contribution in [0.1, 0.15) is 0 Å². The van der Waals surface area contributed by atoms with Crippen molar-refractivity contribution in [2.24, 2.45) is 0 Å². The van der Waals surface area contributed by atoms with E-state index in [9.17, 15) is 0 Å². The summed E-state index contributed by atoms with van der Waals surface area (Å²) in [5.74, 6) is 0.654. The van der Waals surface area contributed by atoms with Crippen molar-refractivity contribution < 1.29 is 0 Å². The van der Waals surface area contributed by atoms with E-state index in [0.717, 1.165) is 31.9 Å². The maximum Gasteiger partial charge on any atom is 0.222 e. The van der Waals surface area contributed by atoms with Crippen molar-refractivity contribution in [3.8, 4) is 11.1 Å². The van der Waals surface area contributed by atoms with Gasteiger partial charge in [-0.1, -0.05) is 42.5 Å². The highest BCUT2D eigenvalue weighted by Crippen LogP contribution is 2.26. The van der Waals surface area contributed by atoms with Gasteiger partial charge in [-0.3, -0.25) is 0 Å². The maximum absolute atomic E-state index is 5.98. The minimum Gasteiger partial charge on any atom is -0.382 e. The molecule has 1 aliphatic heterocycles. The maximum atomic E-state index is 5.98. The van der Waals surface area contributed by atoms with Gasteiger partial charge in [-0.15, -0.1) is 0 Å². The zero-order chi connectivity index (χ0) is 17.9. The van der Waals surface area contributed by atoms with Gasteiger partial charge in [0.1, 0.15) is 0 Å². The van der Waals surface area contributed by atoms with E-state index in [1.807, 2.05) is 6.07 Å². The predicted molar refractivity (Wildman–Crippen MR) is 107 cm³/mol. The van der Waals surface area contributed by atoms with Gasteiger partial charge in [0.05, 0.1) is 11.9 Å². The van der Waals surface area contributed by atoms with Crippen LogP contribution in [0.4, 0.5) is 23.1 Å². The Bertz CT molecular complexity index is 871. The summed E-state index contributed by atoms with van der Waals surface area (Å²) in [6, 6.07) is 19.2. The fourth-order valence-electron chi connectivity index (χ4n) is 3.35. The van der Waals surface area contributed by atoms with Gasteiger partial charge in [-0.05, 0) is 23.3 Å². The molecule has 26 heavy (non-hydrogen) atoms. The molecular formula is C20H22N6. The van der Waals surface area contributed by atoms with Crippen LogP contribution in [0, 0.1) is 0 Å². The van der Waals surface area contributed by atoms with Crippen molar-refractivity contribution in [2.75, 3.05) is 47.4 Å². The summed E-state index contributed by atoms with van der Waals surface area (Å²) in [5, 5.41) is 0. The summed E-state index contributed by atoms with van der Waals surface area (Å²) >= 11 is 0. The van der Waals surface area contributed by atoms with Gasteiger partial charge in [0, 0.05) is 31.9 Å². The third kappa shape index (κ3) is 3.26. The number of hydrogen-bond acceptors (Lipinski definition) is 6. The monoisotopic (exact) mass is 346 g/mol. The summed E-state index contributed by atoms with van der Waals surface area (Å²) in [7, 11) is 0. The Kier molecular flexibility index (Phi) is 4.31. The van der Waals surface area contributed by atoms with Crippen LogP contribution < -0.4 is 21.3 Å². The van der Waals surface area contributed by atoms with Gasteiger partial charge in [0.25, 0.3) is 0 Å². The molecule has 0 atom stereocenters. The second-order valence-corrected chi connectivity index (χ2v) is 6.39. The van der Waals surface area contributed by atoms with Crippen molar-refractivity contribution in [1.82, 2.24) is 9.97 Å². The van der Waals surface area contributed by atoms with Gasteiger partial charge in [0.2, 0.25) is 5.95 Å². The lowest BCUT2D eigenvalue weighted by Gasteiger charge is -2.37. The molecule has 0 bridgehead atoms. The molecule has 4 N–H and O–H groups in total. The minimum atomic E-state index is 0.211. The van der Waals surface area contributed by atoms with Gasteiger partial charge in [-0.25, -0.2) is 4.98 Å². The summed E-state index contributed by atoms with van der Waals surface area (Å²) in [4.78, 5) is 12.7. The van der Waals surface area contributed by atoms with Crippen LogP contribution in [0.25, 0.3) is 11.1 Å². The van der Waals surface area contributed by atoms with E-state index in [4.69, 9.17) is 11.5 Å². The van der Waals surface area contributed by atoms with Crippen LogP contribution in [0.3, 0.4) is 0 Å². The lowest BCUT2D eigenvalue weighted by molar-refractivity contribution is 0.652. The van der Waals surface area contributed by atoms with Gasteiger partial charge in [0.15, 0.2) is 5.82 Å². The Labute approximate surface area is 153 Å². The second kappa shape index (κ2) is 6.92. The number of nitrogens with two attached hydrogens (primary N) is 2. The molecule has 6 nitrogen and oxygen atoms in total. The summed E-state index contributed by atoms with van der Waals surface area (Å²) < 4.78 is 0. The van der Waals surface area contributed by atoms with E-state index >= 15 is 0 Å². The number of nitrogen functional groups attached to an aromatic ring is 2. The number of aromatic nitrogens is 2. The molecule has 0 amide bonds. The van der Waals surface area contributed by atoms with Crippen molar-refractivity contribution >= 4 is 23.1 Å². The molecule has 1 fully saturated rings. The molecule has 1 aliphatic rings. The second-order valence-electron chi connectivity index (χ2n) is 6.39. The first-order valence-electron chi connectivity index (χ1n) is 8.74. The Morgan fingerprint density at radius 2 is 1.35 bits per heavy atom. The number of rotatable bonds is 3. The first kappa shape index (κ1) is 16.2. The molecule has 2 heterocycles. The highest BCUT2D eigenvalue weighted by Gasteiger charge is 2.20. The average Bonchev–Trinajstić information content (AvgIpc) is 2.69. The van der Waals surface area contributed by atoms with Crippen LogP contribution in [0.15, 0.2) is 60.8 Å². The quantitative estimate of drug-likeness (QED) is 0.758. The molecule has 1 saturated heterocycles. The number of nitrogens with zero attached hydrogens (tertiary/aromatic N) is 4. The normalized spacial score (nSPS) is 14.5. The van der Waals surface area contributed by atoms with E-state index in [2.05, 4.69) is 68.3 Å². The van der Waals surface area contributed by atoms with E-state index in [-0.39, 0.29) is 5.95 Å². The van der Waals surface area contributed by atoms with Crippen LogP contribution in [-0.2, 0) is 0 Å². The number of piperazine rings is 1. The lowest BCUT2D eigenvalue weighted by Crippen LogP contribution is -2.46. The third-order valence-corrected chi connectivity index (χ3v) is 4.78. The van der Waals surface area contributed by atoms with E-state index in [1.54, 1.807) is 6.20 Å². The third-order valence-electron chi connectivity index (χ3n) is 4.78. The molecule has 3 aromatic rings. The van der Waals surface area contributed by atoms with Gasteiger partial charge in [-0.2, -0.15) is 4.98 Å². The largest absolute Gasteiger partial charge is 0.382 e. The molecule has 0 saturated carbocycles. The summed E-state index contributed by atoms with van der Waals surface area (Å²) in [6.45, 7) is 3.60. The summed E-state index contributed by atoms with van der Waals surface area (Å²) in [5.41, 5.74) is 16.1. The molecular weight excluding hydrogens is 324 g/mol. The van der Waals surface area contributed by atoms with E-state index < -0.39 is 0 Å². The van der Waals surface area contributed by atoms with Crippen LogP contribution >= 0.6 is 0 Å². The Morgan fingerprint density at radius 1 is 0.731 bits per heavy atom. The van der Waals surface area contributed by atoms with Crippen LogP contribution in [0.2, 0.25) is 0 Å². The lowest BCUT2D eigenvalue weighted by atomic mass is 10.1. The minimum absolute atomic E-state index is 0.211. The van der Waals surface area contributed by atoms with Crippen LogP contribution in [0.5, 0.6) is 0 Å². The molecule has 4 rings (SSSR count). The zero-order valence-corrected chi connectivity index (χ0v) is 14.5. The van der Waals surface area contributed by atoms with Gasteiger partial charge < -0.3 is 21.3 Å². The number of hydrogen-bond donors (Lipinski definition) is 2. The predicted octanol–water partition coefficient (Wildman–Crippen LogP) is 2.63.